The topological polar surface area (TPSA) is 21.6 Å². The Kier molecular flexibility index (Phi) is 6.61. The van der Waals surface area contributed by atoms with Gasteiger partial charge in [0.05, 0.1) is 0 Å². The summed E-state index contributed by atoms with van der Waals surface area (Å²) in [6.07, 6.45) is 8.32. The van der Waals surface area contributed by atoms with Crippen LogP contribution in [0.2, 0.25) is 0 Å². The third-order valence-electron chi connectivity index (χ3n) is 3.53. The van der Waals surface area contributed by atoms with Crippen LogP contribution in [-0.4, -0.2) is 21.8 Å². The van der Waals surface area contributed by atoms with Crippen molar-refractivity contribution in [1.29, 1.82) is 0 Å². The van der Waals surface area contributed by atoms with Gasteiger partial charge in [-0.15, -0.1) is 0 Å². The van der Waals surface area contributed by atoms with Crippen molar-refractivity contribution in [2.75, 3.05) is 0 Å². The van der Waals surface area contributed by atoms with Crippen molar-refractivity contribution in [3.05, 3.63) is 42.0 Å². The molecule has 0 saturated heterocycles. The van der Waals surface area contributed by atoms with Crippen LogP contribution in [0.5, 0.6) is 0 Å². The van der Waals surface area contributed by atoms with Gasteiger partial charge in [0, 0.05) is 0 Å². The minimum absolute atomic E-state index is 0.0582. The Hall–Kier alpha value is -0.700. The molecule has 0 fully saturated rings. The molecule has 1 aliphatic rings. The van der Waals surface area contributed by atoms with Crippen molar-refractivity contribution in [2.45, 2.75) is 48.5 Å². The molecule has 0 amide bonds. The number of benzene rings is 1. The minimum Gasteiger partial charge on any atom is -0.472 e. The third kappa shape index (κ3) is 5.19. The Morgan fingerprint density at radius 2 is 1.91 bits per heavy atom. The Labute approximate surface area is 147 Å². The first-order chi connectivity index (χ1) is 10.5. The second kappa shape index (κ2) is 8.24. The maximum absolute atomic E-state index is 5.90. The van der Waals surface area contributed by atoms with Crippen LogP contribution in [0.25, 0.3) is 6.08 Å². The largest absolute Gasteiger partial charge is 0.472 e. The molecule has 0 bridgehead atoms. The van der Waals surface area contributed by atoms with Crippen LogP contribution in [-0.2, 0) is 4.74 Å². The number of rotatable bonds is 6. The molecule has 1 heterocycles. The smallest absolute Gasteiger partial charge is 0.266 e. The van der Waals surface area contributed by atoms with E-state index < -0.39 is 3.79 Å². The standard InChI is InChI=1S/C17H20Cl3NO/c1-2-3-5-10-15-14(21-16(22-15)17(18,19)20)12-11-13-8-6-4-7-9-13/h4,6-9,11-12,14-15H,2-3,5,10H2,1H3/b12-11+/t14-,15+/m0/s1. The lowest BCUT2D eigenvalue weighted by Gasteiger charge is -2.17. The first-order valence-electron chi connectivity index (χ1n) is 7.55. The fourth-order valence-electron chi connectivity index (χ4n) is 2.37. The molecular formula is C17H20Cl3NO. The first kappa shape index (κ1) is 17.7. The highest BCUT2D eigenvalue weighted by Gasteiger charge is 2.39. The zero-order chi connectivity index (χ0) is 16.0. The van der Waals surface area contributed by atoms with Gasteiger partial charge in [-0.2, -0.15) is 0 Å². The van der Waals surface area contributed by atoms with E-state index >= 15 is 0 Å². The van der Waals surface area contributed by atoms with Crippen LogP contribution in [0.3, 0.4) is 0 Å². The predicted octanol–water partition coefficient (Wildman–Crippen LogP) is 5.82. The molecule has 1 aliphatic heterocycles. The third-order valence-corrected chi connectivity index (χ3v) is 4.02. The predicted molar refractivity (Wildman–Crippen MR) is 96.0 cm³/mol. The number of hydrogen-bond donors (Lipinski definition) is 0. The molecule has 0 saturated carbocycles. The van der Waals surface area contributed by atoms with E-state index in [1.165, 1.54) is 0 Å². The van der Waals surface area contributed by atoms with Gasteiger partial charge in [0.2, 0.25) is 5.90 Å². The van der Waals surface area contributed by atoms with Crippen molar-refractivity contribution in [1.82, 2.24) is 0 Å². The van der Waals surface area contributed by atoms with Crippen LogP contribution in [0, 0.1) is 0 Å². The monoisotopic (exact) mass is 359 g/mol. The molecule has 5 heteroatoms. The molecule has 2 nitrogen and oxygen atoms in total. The first-order valence-corrected chi connectivity index (χ1v) is 8.69. The summed E-state index contributed by atoms with van der Waals surface area (Å²) in [6.45, 7) is 2.17. The lowest BCUT2D eigenvalue weighted by atomic mass is 10.0. The summed E-state index contributed by atoms with van der Waals surface area (Å²) in [5.41, 5.74) is 1.12. The van der Waals surface area contributed by atoms with Gasteiger partial charge in [-0.05, 0) is 18.4 Å². The van der Waals surface area contributed by atoms with Gasteiger partial charge in [-0.3, -0.25) is 0 Å². The molecule has 22 heavy (non-hydrogen) atoms. The Bertz CT molecular complexity index is 522. The van der Waals surface area contributed by atoms with Gasteiger partial charge in [-0.25, -0.2) is 4.99 Å². The van der Waals surface area contributed by atoms with Gasteiger partial charge in [0.25, 0.3) is 3.79 Å². The number of nitrogens with zero attached hydrogens (tertiary/aromatic N) is 1. The van der Waals surface area contributed by atoms with Crippen LogP contribution in [0.15, 0.2) is 41.4 Å². The molecule has 120 valence electrons. The van der Waals surface area contributed by atoms with E-state index in [0.717, 1.165) is 31.2 Å². The summed E-state index contributed by atoms with van der Waals surface area (Å²) in [4.78, 5) is 4.45. The second-order valence-electron chi connectivity index (χ2n) is 5.34. The van der Waals surface area contributed by atoms with Crippen LogP contribution in [0.4, 0.5) is 0 Å². The molecular weight excluding hydrogens is 341 g/mol. The highest BCUT2D eigenvalue weighted by molar-refractivity contribution is 6.76. The van der Waals surface area contributed by atoms with Gasteiger partial charge >= 0.3 is 0 Å². The Balaban J connectivity index is 2.08. The van der Waals surface area contributed by atoms with E-state index in [4.69, 9.17) is 39.5 Å². The number of halogens is 3. The Morgan fingerprint density at radius 1 is 1.18 bits per heavy atom. The Morgan fingerprint density at radius 3 is 2.55 bits per heavy atom. The van der Waals surface area contributed by atoms with E-state index in [9.17, 15) is 0 Å². The van der Waals surface area contributed by atoms with Gasteiger partial charge in [-0.1, -0.05) is 97.1 Å². The van der Waals surface area contributed by atoms with E-state index in [0.29, 0.717) is 0 Å². The number of ether oxygens (including phenoxy) is 1. The summed E-state index contributed by atoms with van der Waals surface area (Å²) >= 11 is 17.7. The summed E-state index contributed by atoms with van der Waals surface area (Å²) < 4.78 is 4.18. The summed E-state index contributed by atoms with van der Waals surface area (Å²) in [5, 5.41) is 0. The van der Waals surface area contributed by atoms with Crippen LogP contribution >= 0.6 is 34.8 Å². The normalized spacial score (nSPS) is 21.9. The van der Waals surface area contributed by atoms with Gasteiger partial charge in [0.1, 0.15) is 12.1 Å². The maximum Gasteiger partial charge on any atom is 0.266 e. The van der Waals surface area contributed by atoms with Crippen molar-refractivity contribution in [2.24, 2.45) is 4.99 Å². The molecule has 0 aliphatic carbocycles. The lowest BCUT2D eigenvalue weighted by Crippen LogP contribution is -2.24. The minimum atomic E-state index is -1.60. The average Bonchev–Trinajstić information content (AvgIpc) is 2.90. The molecule has 0 spiro atoms. The number of hydrogen-bond acceptors (Lipinski definition) is 2. The molecule has 1 aromatic carbocycles. The van der Waals surface area contributed by atoms with Crippen molar-refractivity contribution in [3.63, 3.8) is 0 Å². The zero-order valence-electron chi connectivity index (χ0n) is 12.5. The van der Waals surface area contributed by atoms with Crippen molar-refractivity contribution < 1.29 is 4.74 Å². The van der Waals surface area contributed by atoms with Gasteiger partial charge in [0.15, 0.2) is 0 Å². The highest BCUT2D eigenvalue weighted by atomic mass is 35.6. The second-order valence-corrected chi connectivity index (χ2v) is 7.63. The zero-order valence-corrected chi connectivity index (χ0v) is 14.8. The summed E-state index contributed by atoms with van der Waals surface area (Å²) in [5.74, 6) is 0.196. The number of unbranched alkanes of at least 4 members (excludes halogenated alkanes) is 2. The van der Waals surface area contributed by atoms with Crippen LogP contribution in [0.1, 0.15) is 38.2 Å². The fourth-order valence-corrected chi connectivity index (χ4v) is 2.65. The maximum atomic E-state index is 5.90. The molecule has 1 aromatic rings. The molecule has 0 N–H and O–H groups in total. The van der Waals surface area contributed by atoms with Crippen molar-refractivity contribution in [3.8, 4) is 0 Å². The summed E-state index contributed by atoms with van der Waals surface area (Å²) in [6, 6.07) is 9.96. The van der Waals surface area contributed by atoms with E-state index in [-0.39, 0.29) is 18.0 Å². The molecule has 0 radical (unpaired) electrons. The lowest BCUT2D eigenvalue weighted by molar-refractivity contribution is 0.187. The molecule has 2 rings (SSSR count). The number of aliphatic imine (C=N–C) groups is 1. The number of alkyl halides is 3. The summed E-state index contributed by atoms with van der Waals surface area (Å²) in [7, 11) is 0. The van der Waals surface area contributed by atoms with Gasteiger partial charge < -0.3 is 4.74 Å². The van der Waals surface area contributed by atoms with Crippen LogP contribution < -0.4 is 0 Å². The highest BCUT2D eigenvalue weighted by Crippen LogP contribution is 2.34. The van der Waals surface area contributed by atoms with E-state index in [1.807, 2.05) is 42.5 Å². The molecule has 2 atom stereocenters. The van der Waals surface area contributed by atoms with E-state index in [1.54, 1.807) is 0 Å². The SMILES string of the molecule is CCCCC[C@H]1OC(C(Cl)(Cl)Cl)=N[C@H]1/C=C/c1ccccc1. The molecule has 0 aromatic heterocycles. The average molecular weight is 361 g/mol. The quantitative estimate of drug-likeness (QED) is 0.463. The van der Waals surface area contributed by atoms with Crippen molar-refractivity contribution >= 4 is 46.8 Å². The molecule has 0 unspecified atom stereocenters. The van der Waals surface area contributed by atoms with E-state index in [2.05, 4.69) is 11.9 Å². The fraction of sp³-hybridized carbons (Fsp3) is 0.471.